The Labute approximate surface area is 173 Å². The highest BCUT2D eigenvalue weighted by molar-refractivity contribution is 6.14. The van der Waals surface area contributed by atoms with Gasteiger partial charge in [0.1, 0.15) is 0 Å². The summed E-state index contributed by atoms with van der Waals surface area (Å²) in [6.45, 7) is 0.829. The van der Waals surface area contributed by atoms with E-state index in [1.165, 1.54) is 12.1 Å². The van der Waals surface area contributed by atoms with Gasteiger partial charge in [0.15, 0.2) is 29.1 Å². The first-order valence-corrected chi connectivity index (χ1v) is 9.73. The van der Waals surface area contributed by atoms with Crippen LogP contribution in [-0.2, 0) is 4.79 Å². The average molecular weight is 417 g/mol. The first-order chi connectivity index (χ1) is 14.2. The molecule has 2 aromatic rings. The van der Waals surface area contributed by atoms with Gasteiger partial charge in [0.05, 0.1) is 0 Å². The molecule has 30 heavy (non-hydrogen) atoms. The summed E-state index contributed by atoms with van der Waals surface area (Å²) < 4.78 is 53.6. The lowest BCUT2D eigenvalue weighted by molar-refractivity contribution is -0.113. The van der Waals surface area contributed by atoms with Crippen molar-refractivity contribution in [1.29, 1.82) is 0 Å². The Kier molecular flexibility index (Phi) is 6.87. The number of hydrogen-bond donors (Lipinski definition) is 0. The first kappa shape index (κ1) is 22.0. The van der Waals surface area contributed by atoms with Crippen molar-refractivity contribution in [2.24, 2.45) is 5.92 Å². The largest absolute Gasteiger partial charge is 0.309 e. The Hall–Kier alpha value is -2.73. The summed E-state index contributed by atoms with van der Waals surface area (Å²) in [5.74, 6) is -3.91. The number of carbonyl (C=O) groups excluding carboxylic acids is 1. The second kappa shape index (κ2) is 9.39. The van der Waals surface area contributed by atoms with Crippen LogP contribution in [0.3, 0.4) is 0 Å². The standard InChI is InChI=1S/C24H23F4NO/c1-29(2)8-7-17-11-18(9-15-3-5-20(25)22(27)13-15)24(30)19(12-17)10-16-4-6-21(26)23(28)14-16/h3-6,9-10,13-14,17H,7-8,11-12H2,1-2H3/b18-9+,19-10+. The Morgan fingerprint density at radius 1 is 0.833 bits per heavy atom. The summed E-state index contributed by atoms with van der Waals surface area (Å²) in [5, 5.41) is 0. The van der Waals surface area contributed by atoms with Crippen LogP contribution in [-0.4, -0.2) is 31.3 Å². The summed E-state index contributed by atoms with van der Waals surface area (Å²) in [7, 11) is 3.92. The van der Waals surface area contributed by atoms with Gasteiger partial charge in [0.25, 0.3) is 0 Å². The van der Waals surface area contributed by atoms with E-state index in [0.29, 0.717) is 35.1 Å². The van der Waals surface area contributed by atoms with Crippen LogP contribution in [0.5, 0.6) is 0 Å². The monoisotopic (exact) mass is 417 g/mol. The van der Waals surface area contributed by atoms with Gasteiger partial charge < -0.3 is 4.90 Å². The molecule has 0 aromatic heterocycles. The number of ketones is 1. The van der Waals surface area contributed by atoms with Crippen molar-refractivity contribution in [3.05, 3.63) is 81.9 Å². The summed E-state index contributed by atoms with van der Waals surface area (Å²) in [6, 6.07) is 6.99. The van der Waals surface area contributed by atoms with E-state index in [2.05, 4.69) is 0 Å². The molecule has 0 saturated heterocycles. The summed E-state index contributed by atoms with van der Waals surface area (Å²) in [6.07, 6.45) is 5.02. The van der Waals surface area contributed by atoms with Gasteiger partial charge in [-0.25, -0.2) is 17.6 Å². The minimum Gasteiger partial charge on any atom is -0.309 e. The molecule has 6 heteroatoms. The minimum atomic E-state index is -0.977. The maximum Gasteiger partial charge on any atom is 0.185 e. The number of allylic oxidation sites excluding steroid dienone is 2. The van der Waals surface area contributed by atoms with Gasteiger partial charge in [0, 0.05) is 11.1 Å². The number of Topliss-reactive ketones (excluding diaryl/α,β-unsaturated/α-hetero) is 1. The predicted molar refractivity (Wildman–Crippen MR) is 110 cm³/mol. The van der Waals surface area contributed by atoms with Crippen LogP contribution in [0.15, 0.2) is 47.5 Å². The van der Waals surface area contributed by atoms with Crippen LogP contribution in [0.25, 0.3) is 12.2 Å². The van der Waals surface area contributed by atoms with Crippen LogP contribution < -0.4 is 0 Å². The fourth-order valence-electron chi connectivity index (χ4n) is 3.59. The molecule has 2 aromatic carbocycles. The zero-order chi connectivity index (χ0) is 21.8. The molecule has 0 atom stereocenters. The Morgan fingerprint density at radius 2 is 1.30 bits per heavy atom. The molecule has 0 radical (unpaired) electrons. The van der Waals surface area contributed by atoms with Crippen molar-refractivity contribution in [3.8, 4) is 0 Å². The molecule has 2 nitrogen and oxygen atoms in total. The topological polar surface area (TPSA) is 20.3 Å². The highest BCUT2D eigenvalue weighted by Gasteiger charge is 2.28. The van der Waals surface area contributed by atoms with Crippen LogP contribution >= 0.6 is 0 Å². The lowest BCUT2D eigenvalue weighted by Crippen LogP contribution is -2.23. The van der Waals surface area contributed by atoms with Crippen molar-refractivity contribution in [1.82, 2.24) is 4.90 Å². The molecule has 158 valence electrons. The third kappa shape index (κ3) is 5.45. The van der Waals surface area contributed by atoms with Gasteiger partial charge >= 0.3 is 0 Å². The Morgan fingerprint density at radius 3 is 1.70 bits per heavy atom. The quantitative estimate of drug-likeness (QED) is 0.464. The van der Waals surface area contributed by atoms with Gasteiger partial charge in [-0.15, -0.1) is 0 Å². The molecule has 0 bridgehead atoms. The molecule has 0 amide bonds. The third-order valence-corrected chi connectivity index (χ3v) is 5.15. The highest BCUT2D eigenvalue weighted by Crippen LogP contribution is 2.34. The Bertz CT molecular complexity index is 937. The van der Waals surface area contributed by atoms with E-state index in [4.69, 9.17) is 0 Å². The molecule has 0 N–H and O–H groups in total. The van der Waals surface area contributed by atoms with E-state index in [9.17, 15) is 22.4 Å². The average Bonchev–Trinajstić information content (AvgIpc) is 2.69. The zero-order valence-corrected chi connectivity index (χ0v) is 16.9. The molecule has 0 unspecified atom stereocenters. The summed E-state index contributed by atoms with van der Waals surface area (Å²) >= 11 is 0. The van der Waals surface area contributed by atoms with Gasteiger partial charge in [-0.3, -0.25) is 4.79 Å². The SMILES string of the molecule is CN(C)CCC1C/C(=C\c2ccc(F)c(F)c2)C(=O)/C(=C/c2ccc(F)c(F)c2)C1. The van der Waals surface area contributed by atoms with Crippen molar-refractivity contribution >= 4 is 17.9 Å². The van der Waals surface area contributed by atoms with E-state index in [1.807, 2.05) is 19.0 Å². The van der Waals surface area contributed by atoms with Crippen LogP contribution in [0.4, 0.5) is 17.6 Å². The fourth-order valence-corrected chi connectivity index (χ4v) is 3.59. The number of benzene rings is 2. The molecule has 0 aliphatic heterocycles. The number of rotatable bonds is 5. The molecule has 1 fully saturated rings. The molecule has 0 spiro atoms. The number of carbonyl (C=O) groups is 1. The van der Waals surface area contributed by atoms with Gasteiger partial charge in [-0.2, -0.15) is 0 Å². The molecule has 1 aliphatic carbocycles. The number of hydrogen-bond acceptors (Lipinski definition) is 2. The third-order valence-electron chi connectivity index (χ3n) is 5.15. The van der Waals surface area contributed by atoms with Crippen molar-refractivity contribution in [2.75, 3.05) is 20.6 Å². The maximum atomic E-state index is 13.6. The molecule has 0 heterocycles. The summed E-state index contributed by atoms with van der Waals surface area (Å²) in [4.78, 5) is 15.1. The van der Waals surface area contributed by atoms with Crippen LogP contribution in [0.1, 0.15) is 30.4 Å². The Balaban J connectivity index is 1.95. The lowest BCUT2D eigenvalue weighted by atomic mass is 9.78. The normalized spacial score (nSPS) is 19.8. The second-order valence-corrected chi connectivity index (χ2v) is 7.88. The minimum absolute atomic E-state index is 0.165. The van der Waals surface area contributed by atoms with E-state index in [1.54, 1.807) is 12.2 Å². The smallest absolute Gasteiger partial charge is 0.185 e. The predicted octanol–water partition coefficient (Wildman–Crippen LogP) is 5.64. The van der Waals surface area contributed by atoms with E-state index in [-0.39, 0.29) is 11.7 Å². The molecular formula is C24H23F4NO. The fraction of sp³-hybridized carbons (Fsp3) is 0.292. The number of nitrogens with zero attached hydrogens (tertiary/aromatic N) is 1. The highest BCUT2D eigenvalue weighted by atomic mass is 19.2. The molecule has 3 rings (SSSR count). The van der Waals surface area contributed by atoms with Crippen LogP contribution in [0, 0.1) is 29.2 Å². The van der Waals surface area contributed by atoms with Crippen LogP contribution in [0.2, 0.25) is 0 Å². The molecular weight excluding hydrogens is 394 g/mol. The van der Waals surface area contributed by atoms with Gasteiger partial charge in [0.2, 0.25) is 0 Å². The number of halogens is 4. The van der Waals surface area contributed by atoms with Crippen molar-refractivity contribution in [3.63, 3.8) is 0 Å². The maximum absolute atomic E-state index is 13.6. The first-order valence-electron chi connectivity index (χ1n) is 9.73. The zero-order valence-electron chi connectivity index (χ0n) is 16.9. The van der Waals surface area contributed by atoms with Gasteiger partial charge in [-0.1, -0.05) is 12.1 Å². The van der Waals surface area contributed by atoms with Gasteiger partial charge in [-0.05, 0) is 93.4 Å². The molecule has 1 aliphatic rings. The summed E-state index contributed by atoms with van der Waals surface area (Å²) in [5.41, 5.74) is 1.78. The van der Waals surface area contributed by atoms with E-state index >= 15 is 0 Å². The van der Waals surface area contributed by atoms with Crippen molar-refractivity contribution in [2.45, 2.75) is 19.3 Å². The van der Waals surface area contributed by atoms with Crippen molar-refractivity contribution < 1.29 is 22.4 Å². The van der Waals surface area contributed by atoms with E-state index in [0.717, 1.165) is 37.2 Å². The van der Waals surface area contributed by atoms with E-state index < -0.39 is 23.3 Å². The lowest BCUT2D eigenvalue weighted by Gasteiger charge is -2.27. The second-order valence-electron chi connectivity index (χ2n) is 7.88. The molecule has 1 saturated carbocycles.